The summed E-state index contributed by atoms with van der Waals surface area (Å²) in [5.41, 5.74) is 8.96. The minimum absolute atomic E-state index is 0.0638. The summed E-state index contributed by atoms with van der Waals surface area (Å²) in [6.45, 7) is 12.9. The lowest BCUT2D eigenvalue weighted by Crippen LogP contribution is -2.21. The minimum Gasteiger partial charge on any atom is -0.507 e. The summed E-state index contributed by atoms with van der Waals surface area (Å²) in [5.74, 6) is -0.320. The summed E-state index contributed by atoms with van der Waals surface area (Å²) >= 11 is 0. The zero-order chi connectivity index (χ0) is 22.3. The molecule has 0 heterocycles. The highest BCUT2D eigenvalue weighted by atomic mass is 16.5. The Morgan fingerprint density at radius 1 is 1.23 bits per heavy atom. The number of nitrogens with zero attached hydrogens (tertiary/aromatic N) is 1. The topological polar surface area (TPSA) is 99.6 Å². The Labute approximate surface area is 177 Å². The number of hydrogen-bond acceptors (Lipinski definition) is 5. The molecule has 0 saturated heterocycles. The van der Waals surface area contributed by atoms with Gasteiger partial charge in [-0.1, -0.05) is 12.7 Å². The molecule has 0 spiro atoms. The first kappa shape index (κ1) is 22.7. The number of phenolic OH excluding ortho intramolecular Hbond substituents is 1. The normalized spacial score (nSPS) is 10.3. The van der Waals surface area contributed by atoms with Crippen LogP contribution in [0, 0.1) is 5.41 Å². The lowest BCUT2D eigenvalue weighted by molar-refractivity contribution is -0.129. The maximum Gasteiger partial charge on any atom is 0.335 e. The molecule has 6 heteroatoms. The van der Waals surface area contributed by atoms with E-state index >= 15 is 0 Å². The number of amidine groups is 1. The highest BCUT2D eigenvalue weighted by molar-refractivity contribution is 6.03. The Hall–Kier alpha value is -3.54. The van der Waals surface area contributed by atoms with Crippen LogP contribution in [0.25, 0.3) is 11.1 Å². The van der Waals surface area contributed by atoms with Gasteiger partial charge in [-0.25, -0.2) is 4.79 Å². The number of hydrogen-bond donors (Lipinski definition) is 3. The molecular formula is C24H29N3O3. The van der Waals surface area contributed by atoms with E-state index < -0.39 is 5.97 Å². The number of benzene rings is 2. The molecule has 0 unspecified atom stereocenters. The predicted molar refractivity (Wildman–Crippen MR) is 122 cm³/mol. The average molecular weight is 408 g/mol. The number of nitrogens with two attached hydrogens (primary N) is 1. The van der Waals surface area contributed by atoms with Crippen molar-refractivity contribution in [2.45, 2.75) is 26.7 Å². The largest absolute Gasteiger partial charge is 0.507 e. The van der Waals surface area contributed by atoms with Crippen LogP contribution in [0.4, 0.5) is 5.69 Å². The van der Waals surface area contributed by atoms with Gasteiger partial charge in [-0.15, -0.1) is 6.58 Å². The highest BCUT2D eigenvalue weighted by Gasteiger charge is 2.21. The second-order valence-electron chi connectivity index (χ2n) is 6.70. The number of nitrogen functional groups attached to an aromatic ring is 1. The van der Waals surface area contributed by atoms with Gasteiger partial charge in [0.15, 0.2) is 0 Å². The summed E-state index contributed by atoms with van der Waals surface area (Å²) in [6, 6.07) is 8.67. The first-order valence-corrected chi connectivity index (χ1v) is 9.91. The van der Waals surface area contributed by atoms with Crippen LogP contribution < -0.4 is 15.4 Å². The third-order valence-corrected chi connectivity index (χ3v) is 4.92. The Kier molecular flexibility index (Phi) is 7.81. The number of allylic oxidation sites excluding steroid dienone is 1. The highest BCUT2D eigenvalue weighted by Crippen LogP contribution is 2.41. The summed E-state index contributed by atoms with van der Waals surface area (Å²) < 4.78 is 5.43. The van der Waals surface area contributed by atoms with E-state index in [4.69, 9.17) is 15.9 Å². The molecule has 0 radical (unpaired) electrons. The van der Waals surface area contributed by atoms with Crippen LogP contribution >= 0.6 is 0 Å². The van der Waals surface area contributed by atoms with Crippen LogP contribution in [0.2, 0.25) is 0 Å². The molecule has 0 aromatic heterocycles. The molecule has 2 rings (SSSR count). The van der Waals surface area contributed by atoms with Crippen LogP contribution in [0.1, 0.15) is 31.4 Å². The molecule has 2 aromatic rings. The third kappa shape index (κ3) is 4.89. The zero-order valence-electron chi connectivity index (χ0n) is 17.6. The number of rotatable bonds is 10. The molecule has 0 aliphatic heterocycles. The van der Waals surface area contributed by atoms with E-state index in [-0.39, 0.29) is 11.6 Å². The van der Waals surface area contributed by atoms with Crippen molar-refractivity contribution in [1.82, 2.24) is 0 Å². The van der Waals surface area contributed by atoms with E-state index in [1.54, 1.807) is 30.3 Å². The fourth-order valence-electron chi connectivity index (χ4n) is 3.42. The molecule has 6 nitrogen and oxygen atoms in total. The number of aromatic hydroxyl groups is 1. The number of anilines is 1. The SMILES string of the molecule is C=CCCc1c(OC(=O)C=C)ccc(C(=N)N)c1-c1ccc(N(CC)CC)cc1O. The molecule has 0 saturated carbocycles. The first-order valence-electron chi connectivity index (χ1n) is 9.91. The van der Waals surface area contributed by atoms with Gasteiger partial charge in [-0.3, -0.25) is 5.41 Å². The fourth-order valence-corrected chi connectivity index (χ4v) is 3.42. The lowest BCUT2D eigenvalue weighted by atomic mass is 9.90. The molecule has 0 amide bonds. The van der Waals surface area contributed by atoms with E-state index in [2.05, 4.69) is 18.1 Å². The van der Waals surface area contributed by atoms with Crippen molar-refractivity contribution in [3.8, 4) is 22.6 Å². The molecule has 158 valence electrons. The molecular weight excluding hydrogens is 378 g/mol. The standard InChI is InChI=1S/C24H29N3O3/c1-5-9-10-18-21(30-22(29)6-2)14-13-19(24(25)26)23(18)17-12-11-16(15-20(17)28)27(7-3)8-4/h5-6,11-15,28H,1-2,7-10H2,3-4H3,(H3,25,26). The zero-order valence-corrected chi connectivity index (χ0v) is 17.6. The minimum atomic E-state index is -0.586. The van der Waals surface area contributed by atoms with Crippen molar-refractivity contribution in [1.29, 1.82) is 5.41 Å². The molecule has 4 N–H and O–H groups in total. The van der Waals surface area contributed by atoms with Crippen LogP contribution in [-0.2, 0) is 11.2 Å². The van der Waals surface area contributed by atoms with Gasteiger partial charge >= 0.3 is 5.97 Å². The molecule has 0 atom stereocenters. The number of nitrogens with one attached hydrogen (secondary N) is 1. The van der Waals surface area contributed by atoms with E-state index in [9.17, 15) is 9.90 Å². The van der Waals surface area contributed by atoms with Crippen LogP contribution in [0.5, 0.6) is 11.5 Å². The van der Waals surface area contributed by atoms with Gasteiger partial charge in [-0.2, -0.15) is 0 Å². The predicted octanol–water partition coefficient (Wildman–Crippen LogP) is 4.40. The van der Waals surface area contributed by atoms with Crippen molar-refractivity contribution in [3.63, 3.8) is 0 Å². The first-order chi connectivity index (χ1) is 14.4. The summed E-state index contributed by atoms with van der Waals surface area (Å²) in [4.78, 5) is 14.0. The van der Waals surface area contributed by atoms with Crippen molar-refractivity contribution in [2.24, 2.45) is 5.73 Å². The van der Waals surface area contributed by atoms with Crippen LogP contribution in [-0.4, -0.2) is 30.0 Å². The third-order valence-electron chi connectivity index (χ3n) is 4.92. The second-order valence-corrected chi connectivity index (χ2v) is 6.70. The van der Waals surface area contributed by atoms with Gasteiger partial charge in [-0.05, 0) is 51.0 Å². The average Bonchev–Trinajstić information content (AvgIpc) is 2.73. The molecule has 0 bridgehead atoms. The van der Waals surface area contributed by atoms with Gasteiger partial charge in [0.05, 0.1) is 0 Å². The molecule has 2 aromatic carbocycles. The number of ether oxygens (including phenoxy) is 1. The number of carbonyl (C=O) groups excluding carboxylic acids is 1. The fraction of sp³-hybridized carbons (Fsp3) is 0.250. The summed E-state index contributed by atoms with van der Waals surface area (Å²) in [6.07, 6.45) is 3.96. The number of phenols is 1. The maximum atomic E-state index is 11.8. The number of esters is 1. The smallest absolute Gasteiger partial charge is 0.335 e. The van der Waals surface area contributed by atoms with E-state index in [0.29, 0.717) is 40.8 Å². The summed E-state index contributed by atoms with van der Waals surface area (Å²) in [7, 11) is 0. The van der Waals surface area contributed by atoms with Gasteiger partial charge < -0.3 is 20.5 Å². The molecule has 0 aliphatic rings. The maximum absolute atomic E-state index is 11.8. The second kappa shape index (κ2) is 10.3. The van der Waals surface area contributed by atoms with Gasteiger partial charge in [0.1, 0.15) is 17.3 Å². The van der Waals surface area contributed by atoms with Crippen molar-refractivity contribution in [2.75, 3.05) is 18.0 Å². The van der Waals surface area contributed by atoms with Crippen molar-refractivity contribution < 1.29 is 14.6 Å². The quantitative estimate of drug-likeness (QED) is 0.135. The van der Waals surface area contributed by atoms with Gasteiger partial charge in [0.25, 0.3) is 0 Å². The van der Waals surface area contributed by atoms with Gasteiger partial charge in [0.2, 0.25) is 0 Å². The molecule has 0 fully saturated rings. The number of carbonyl (C=O) groups is 1. The summed E-state index contributed by atoms with van der Waals surface area (Å²) in [5, 5.41) is 18.9. The van der Waals surface area contributed by atoms with Crippen LogP contribution in [0.3, 0.4) is 0 Å². The Bertz CT molecular complexity index is 962. The lowest BCUT2D eigenvalue weighted by Gasteiger charge is -2.23. The van der Waals surface area contributed by atoms with E-state index in [1.165, 1.54) is 0 Å². The van der Waals surface area contributed by atoms with Crippen molar-refractivity contribution >= 4 is 17.5 Å². The Morgan fingerprint density at radius 2 is 1.93 bits per heavy atom. The Balaban J connectivity index is 2.75. The van der Waals surface area contributed by atoms with Crippen molar-refractivity contribution in [3.05, 3.63) is 66.8 Å². The Morgan fingerprint density at radius 3 is 2.47 bits per heavy atom. The van der Waals surface area contributed by atoms with E-state index in [1.807, 2.05) is 19.9 Å². The van der Waals surface area contributed by atoms with E-state index in [0.717, 1.165) is 24.9 Å². The molecule has 30 heavy (non-hydrogen) atoms. The molecule has 0 aliphatic carbocycles. The van der Waals surface area contributed by atoms with Gasteiger partial charge in [0, 0.05) is 53.2 Å². The monoisotopic (exact) mass is 407 g/mol. The van der Waals surface area contributed by atoms with Crippen LogP contribution in [0.15, 0.2) is 55.6 Å².